The molecule has 0 radical (unpaired) electrons. The van der Waals surface area contributed by atoms with E-state index in [1.54, 1.807) is 6.20 Å². The second-order valence-corrected chi connectivity index (χ2v) is 3.17. The maximum atomic E-state index is 10.8. The Morgan fingerprint density at radius 1 is 1.69 bits per heavy atom. The number of H-pyrrole nitrogens is 1. The third-order valence-corrected chi connectivity index (χ3v) is 2.12. The van der Waals surface area contributed by atoms with Crippen molar-refractivity contribution >= 4 is 5.91 Å². The average molecular weight is 180 g/mol. The van der Waals surface area contributed by atoms with Crippen molar-refractivity contribution in [2.24, 2.45) is 0 Å². The number of nitrogens with zero attached hydrogens (tertiary/aromatic N) is 1. The summed E-state index contributed by atoms with van der Waals surface area (Å²) in [6.45, 7) is 1.46. The maximum absolute atomic E-state index is 10.8. The molecular weight excluding hydrogens is 168 g/mol. The third-order valence-electron chi connectivity index (χ3n) is 2.12. The summed E-state index contributed by atoms with van der Waals surface area (Å²) in [5, 5.41) is 12.7. The molecule has 1 atom stereocenters. The summed E-state index contributed by atoms with van der Waals surface area (Å²) in [6, 6.07) is 2.17. The minimum absolute atomic E-state index is 0.127. The molecule has 1 fully saturated rings. The molecule has 5 heteroatoms. The predicted octanol–water partition coefficient (Wildman–Crippen LogP) is -0.612. The highest BCUT2D eigenvalue weighted by atomic mass is 16.1. The van der Waals surface area contributed by atoms with E-state index in [2.05, 4.69) is 20.8 Å². The van der Waals surface area contributed by atoms with Gasteiger partial charge in [-0.1, -0.05) is 0 Å². The van der Waals surface area contributed by atoms with Gasteiger partial charge in [-0.15, -0.1) is 0 Å². The zero-order valence-corrected chi connectivity index (χ0v) is 7.21. The van der Waals surface area contributed by atoms with E-state index in [0.29, 0.717) is 6.42 Å². The normalized spacial score (nSPS) is 21.8. The molecule has 1 aliphatic rings. The summed E-state index contributed by atoms with van der Waals surface area (Å²) in [6.07, 6.45) is 2.29. The van der Waals surface area contributed by atoms with Gasteiger partial charge in [0.15, 0.2) is 0 Å². The highest BCUT2D eigenvalue weighted by molar-refractivity contribution is 5.78. The van der Waals surface area contributed by atoms with Gasteiger partial charge in [0.1, 0.15) is 0 Å². The van der Waals surface area contributed by atoms with Gasteiger partial charge in [0, 0.05) is 37.4 Å². The van der Waals surface area contributed by atoms with Crippen LogP contribution in [0.5, 0.6) is 0 Å². The van der Waals surface area contributed by atoms with Crippen LogP contribution in [0, 0.1) is 0 Å². The van der Waals surface area contributed by atoms with Gasteiger partial charge in [0.2, 0.25) is 5.91 Å². The Hall–Kier alpha value is -1.36. The Morgan fingerprint density at radius 3 is 3.23 bits per heavy atom. The molecule has 3 N–H and O–H groups in total. The summed E-state index contributed by atoms with van der Waals surface area (Å²) in [5.74, 6) is 0.127. The number of amides is 1. The van der Waals surface area contributed by atoms with Crippen molar-refractivity contribution < 1.29 is 4.79 Å². The minimum atomic E-state index is 0.127. The van der Waals surface area contributed by atoms with Crippen LogP contribution < -0.4 is 10.6 Å². The lowest BCUT2D eigenvalue weighted by molar-refractivity contribution is -0.119. The number of nitrogens with one attached hydrogen (secondary N) is 3. The largest absolute Gasteiger partial charge is 0.354 e. The first-order valence-corrected chi connectivity index (χ1v) is 4.33. The van der Waals surface area contributed by atoms with E-state index in [9.17, 15) is 4.79 Å². The van der Waals surface area contributed by atoms with Crippen molar-refractivity contribution in [3.8, 4) is 0 Å². The zero-order valence-electron chi connectivity index (χ0n) is 7.21. The van der Waals surface area contributed by atoms with Gasteiger partial charge in [0.05, 0.1) is 0 Å². The van der Waals surface area contributed by atoms with E-state index in [1.807, 2.05) is 6.07 Å². The Labute approximate surface area is 75.9 Å². The first kappa shape index (κ1) is 8.25. The van der Waals surface area contributed by atoms with Crippen LogP contribution in [0.2, 0.25) is 0 Å². The molecule has 0 aromatic carbocycles. The molecule has 1 unspecified atom stereocenters. The molecule has 1 amide bonds. The fourth-order valence-corrected chi connectivity index (χ4v) is 1.39. The molecular formula is C8H12N4O. The summed E-state index contributed by atoms with van der Waals surface area (Å²) in [5.41, 5.74) is 1.04. The van der Waals surface area contributed by atoms with Crippen molar-refractivity contribution in [3.63, 3.8) is 0 Å². The van der Waals surface area contributed by atoms with E-state index in [4.69, 9.17) is 0 Å². The van der Waals surface area contributed by atoms with Crippen LogP contribution in [-0.4, -0.2) is 28.7 Å². The molecule has 0 bridgehead atoms. The molecule has 1 saturated heterocycles. The Balaban J connectivity index is 1.77. The molecule has 1 aromatic rings. The number of aromatic nitrogens is 2. The monoisotopic (exact) mass is 180 g/mol. The van der Waals surface area contributed by atoms with Crippen LogP contribution in [0.15, 0.2) is 12.3 Å². The van der Waals surface area contributed by atoms with E-state index < -0.39 is 0 Å². The van der Waals surface area contributed by atoms with Crippen LogP contribution in [-0.2, 0) is 11.3 Å². The van der Waals surface area contributed by atoms with Gasteiger partial charge in [-0.2, -0.15) is 5.10 Å². The van der Waals surface area contributed by atoms with Crippen molar-refractivity contribution in [1.29, 1.82) is 0 Å². The Morgan fingerprint density at radius 2 is 2.62 bits per heavy atom. The third kappa shape index (κ3) is 2.06. The van der Waals surface area contributed by atoms with Gasteiger partial charge in [-0.3, -0.25) is 9.89 Å². The number of hydrogen-bond acceptors (Lipinski definition) is 3. The number of carbonyl (C=O) groups is 1. The molecule has 13 heavy (non-hydrogen) atoms. The highest BCUT2D eigenvalue weighted by Gasteiger charge is 2.20. The van der Waals surface area contributed by atoms with E-state index >= 15 is 0 Å². The molecule has 0 spiro atoms. The number of hydrogen-bond donors (Lipinski definition) is 3. The summed E-state index contributed by atoms with van der Waals surface area (Å²) < 4.78 is 0. The second kappa shape index (κ2) is 3.57. The lowest BCUT2D eigenvalue weighted by atomic mass is 10.2. The topological polar surface area (TPSA) is 69.8 Å². The molecule has 2 heterocycles. The standard InChI is InChI=1S/C8H12N4O/c13-8-3-7(5-10-8)9-4-6-1-2-11-12-6/h1-2,7,9H,3-5H2,(H,10,13)(H,11,12). The van der Waals surface area contributed by atoms with E-state index in [-0.39, 0.29) is 11.9 Å². The van der Waals surface area contributed by atoms with Crippen molar-refractivity contribution in [2.75, 3.05) is 6.54 Å². The quantitative estimate of drug-likeness (QED) is 0.581. The molecule has 0 aliphatic carbocycles. The Kier molecular flexibility index (Phi) is 2.27. The molecule has 0 saturated carbocycles. The molecule has 70 valence electrons. The van der Waals surface area contributed by atoms with Crippen molar-refractivity contribution in [3.05, 3.63) is 18.0 Å². The van der Waals surface area contributed by atoms with Crippen LogP contribution in [0.4, 0.5) is 0 Å². The molecule has 1 aromatic heterocycles. The fourth-order valence-electron chi connectivity index (χ4n) is 1.39. The SMILES string of the molecule is O=C1CC(NCc2ccn[nH]2)CN1. The summed E-state index contributed by atoms with van der Waals surface area (Å²) >= 11 is 0. The number of aromatic amines is 1. The van der Waals surface area contributed by atoms with E-state index in [1.165, 1.54) is 0 Å². The van der Waals surface area contributed by atoms with E-state index in [0.717, 1.165) is 18.8 Å². The van der Waals surface area contributed by atoms with Crippen LogP contribution in [0.25, 0.3) is 0 Å². The average Bonchev–Trinajstić information content (AvgIpc) is 2.71. The first-order chi connectivity index (χ1) is 6.34. The van der Waals surface area contributed by atoms with Crippen LogP contribution in [0.1, 0.15) is 12.1 Å². The molecule has 1 aliphatic heterocycles. The second-order valence-electron chi connectivity index (χ2n) is 3.17. The fraction of sp³-hybridized carbons (Fsp3) is 0.500. The van der Waals surface area contributed by atoms with Crippen LogP contribution >= 0.6 is 0 Å². The van der Waals surface area contributed by atoms with Gasteiger partial charge in [-0.25, -0.2) is 0 Å². The maximum Gasteiger partial charge on any atom is 0.221 e. The van der Waals surface area contributed by atoms with Gasteiger partial charge < -0.3 is 10.6 Å². The highest BCUT2D eigenvalue weighted by Crippen LogP contribution is 2.00. The van der Waals surface area contributed by atoms with Gasteiger partial charge >= 0.3 is 0 Å². The lowest BCUT2D eigenvalue weighted by Crippen LogP contribution is -2.30. The predicted molar refractivity (Wildman–Crippen MR) is 46.8 cm³/mol. The lowest BCUT2D eigenvalue weighted by Gasteiger charge is -2.07. The molecule has 2 rings (SSSR count). The van der Waals surface area contributed by atoms with Crippen LogP contribution in [0.3, 0.4) is 0 Å². The molecule has 5 nitrogen and oxygen atoms in total. The van der Waals surface area contributed by atoms with Gasteiger partial charge in [0.25, 0.3) is 0 Å². The van der Waals surface area contributed by atoms with Gasteiger partial charge in [-0.05, 0) is 6.07 Å². The minimum Gasteiger partial charge on any atom is -0.354 e. The number of rotatable bonds is 3. The zero-order chi connectivity index (χ0) is 9.10. The number of carbonyl (C=O) groups excluding carboxylic acids is 1. The summed E-state index contributed by atoms with van der Waals surface area (Å²) in [4.78, 5) is 10.8. The van der Waals surface area contributed by atoms with Crippen molar-refractivity contribution in [2.45, 2.75) is 19.0 Å². The summed E-state index contributed by atoms with van der Waals surface area (Å²) in [7, 11) is 0. The smallest absolute Gasteiger partial charge is 0.221 e. The van der Waals surface area contributed by atoms with Crippen molar-refractivity contribution in [1.82, 2.24) is 20.8 Å². The first-order valence-electron chi connectivity index (χ1n) is 4.33. The Bertz CT molecular complexity index is 282.